The van der Waals surface area contributed by atoms with Crippen LogP contribution >= 0.6 is 0 Å². The fraction of sp³-hybridized carbons (Fsp3) is 0.467. The SMILES string of the molecule is C1=C(Cc2ccccc2)CCC2(C1)OCCO2. The molecule has 1 aromatic carbocycles. The molecule has 0 unspecified atom stereocenters. The summed E-state index contributed by atoms with van der Waals surface area (Å²) in [5.41, 5.74) is 2.91. The van der Waals surface area contributed by atoms with Crippen molar-refractivity contribution < 1.29 is 9.47 Å². The van der Waals surface area contributed by atoms with Gasteiger partial charge in [0.25, 0.3) is 0 Å². The number of rotatable bonds is 2. The van der Waals surface area contributed by atoms with Crippen molar-refractivity contribution >= 4 is 0 Å². The van der Waals surface area contributed by atoms with E-state index in [1.807, 2.05) is 0 Å². The number of hydrogen-bond donors (Lipinski definition) is 0. The first kappa shape index (κ1) is 11.0. The summed E-state index contributed by atoms with van der Waals surface area (Å²) in [4.78, 5) is 0. The molecule has 0 saturated carbocycles. The van der Waals surface area contributed by atoms with Crippen LogP contribution in [0.3, 0.4) is 0 Å². The second-order valence-corrected chi connectivity index (χ2v) is 4.84. The predicted octanol–water partition coefficient (Wildman–Crippen LogP) is 3.08. The first-order valence-electron chi connectivity index (χ1n) is 6.36. The molecule has 1 aliphatic carbocycles. The van der Waals surface area contributed by atoms with Gasteiger partial charge in [0.15, 0.2) is 5.79 Å². The Morgan fingerprint density at radius 3 is 2.47 bits per heavy atom. The topological polar surface area (TPSA) is 18.5 Å². The Hall–Kier alpha value is -1.12. The van der Waals surface area contributed by atoms with E-state index < -0.39 is 0 Å². The fourth-order valence-electron chi connectivity index (χ4n) is 2.63. The molecule has 0 amide bonds. The van der Waals surface area contributed by atoms with Crippen molar-refractivity contribution in [3.63, 3.8) is 0 Å². The van der Waals surface area contributed by atoms with E-state index >= 15 is 0 Å². The summed E-state index contributed by atoms with van der Waals surface area (Å²) >= 11 is 0. The number of hydrogen-bond acceptors (Lipinski definition) is 2. The Bertz CT molecular complexity index is 402. The lowest BCUT2D eigenvalue weighted by Crippen LogP contribution is -2.31. The second kappa shape index (κ2) is 4.63. The smallest absolute Gasteiger partial charge is 0.172 e. The van der Waals surface area contributed by atoms with Crippen molar-refractivity contribution in [1.82, 2.24) is 0 Å². The van der Waals surface area contributed by atoms with Crippen LogP contribution in [0.1, 0.15) is 24.8 Å². The van der Waals surface area contributed by atoms with Crippen LogP contribution in [0.4, 0.5) is 0 Å². The zero-order chi connectivity index (χ0) is 11.6. The Morgan fingerprint density at radius 2 is 1.82 bits per heavy atom. The van der Waals surface area contributed by atoms with Gasteiger partial charge >= 0.3 is 0 Å². The zero-order valence-corrected chi connectivity index (χ0v) is 10.0. The summed E-state index contributed by atoms with van der Waals surface area (Å²) in [6.07, 6.45) is 6.38. The minimum atomic E-state index is -0.278. The van der Waals surface area contributed by atoms with Crippen LogP contribution in [0.25, 0.3) is 0 Å². The molecule has 2 nitrogen and oxygen atoms in total. The van der Waals surface area contributed by atoms with Crippen LogP contribution in [0.5, 0.6) is 0 Å². The highest BCUT2D eigenvalue weighted by Crippen LogP contribution is 2.35. The van der Waals surface area contributed by atoms with Crippen LogP contribution < -0.4 is 0 Å². The molecule has 1 spiro atoms. The maximum Gasteiger partial charge on any atom is 0.172 e. The molecule has 1 fully saturated rings. The average molecular weight is 230 g/mol. The third kappa shape index (κ3) is 2.43. The normalized spacial score (nSPS) is 22.7. The molecule has 0 atom stereocenters. The lowest BCUT2D eigenvalue weighted by atomic mass is 9.90. The van der Waals surface area contributed by atoms with Crippen LogP contribution in [0.15, 0.2) is 42.0 Å². The molecule has 1 saturated heterocycles. The molecule has 0 aromatic heterocycles. The highest BCUT2D eigenvalue weighted by Gasteiger charge is 2.37. The molecule has 3 rings (SSSR count). The molecule has 17 heavy (non-hydrogen) atoms. The van der Waals surface area contributed by atoms with Crippen molar-refractivity contribution in [3.05, 3.63) is 47.5 Å². The van der Waals surface area contributed by atoms with E-state index in [9.17, 15) is 0 Å². The molecule has 1 aromatic rings. The highest BCUT2D eigenvalue weighted by molar-refractivity contribution is 5.23. The standard InChI is InChI=1S/C15H18O2/c1-2-4-13(5-3-1)12-14-6-8-15(9-7-14)16-10-11-17-15/h1-6H,7-12H2. The van der Waals surface area contributed by atoms with Gasteiger partial charge in [-0.05, 0) is 18.4 Å². The van der Waals surface area contributed by atoms with E-state index in [1.54, 1.807) is 0 Å². The molecule has 1 aliphatic heterocycles. The number of allylic oxidation sites excluding steroid dienone is 1. The molecular weight excluding hydrogens is 212 g/mol. The predicted molar refractivity (Wildman–Crippen MR) is 66.7 cm³/mol. The number of ether oxygens (including phenoxy) is 2. The highest BCUT2D eigenvalue weighted by atomic mass is 16.7. The second-order valence-electron chi connectivity index (χ2n) is 4.84. The molecule has 90 valence electrons. The Morgan fingerprint density at radius 1 is 1.06 bits per heavy atom. The lowest BCUT2D eigenvalue weighted by Gasteiger charge is -2.30. The summed E-state index contributed by atoms with van der Waals surface area (Å²) in [7, 11) is 0. The van der Waals surface area contributed by atoms with E-state index in [0.29, 0.717) is 0 Å². The zero-order valence-electron chi connectivity index (χ0n) is 10.0. The summed E-state index contributed by atoms with van der Waals surface area (Å²) < 4.78 is 11.4. The molecular formula is C15H18O2. The van der Waals surface area contributed by atoms with Crippen LogP contribution in [0.2, 0.25) is 0 Å². The largest absolute Gasteiger partial charge is 0.347 e. The van der Waals surface area contributed by atoms with Crippen molar-refractivity contribution in [2.45, 2.75) is 31.5 Å². The van der Waals surface area contributed by atoms with Crippen LogP contribution in [-0.2, 0) is 15.9 Å². The van der Waals surface area contributed by atoms with Crippen molar-refractivity contribution in [2.75, 3.05) is 13.2 Å². The first-order valence-corrected chi connectivity index (χ1v) is 6.36. The van der Waals surface area contributed by atoms with Gasteiger partial charge in [-0.2, -0.15) is 0 Å². The quantitative estimate of drug-likeness (QED) is 0.727. The van der Waals surface area contributed by atoms with Gasteiger partial charge in [-0.15, -0.1) is 0 Å². The van der Waals surface area contributed by atoms with Crippen LogP contribution in [0, 0.1) is 0 Å². The van der Waals surface area contributed by atoms with Gasteiger partial charge in [0.1, 0.15) is 0 Å². The third-order valence-electron chi connectivity index (χ3n) is 3.62. The molecule has 2 aliphatic rings. The molecule has 0 bridgehead atoms. The maximum atomic E-state index is 5.71. The Balaban J connectivity index is 1.65. The average Bonchev–Trinajstić information content (AvgIpc) is 2.83. The minimum absolute atomic E-state index is 0.278. The molecule has 1 heterocycles. The van der Waals surface area contributed by atoms with Crippen molar-refractivity contribution in [1.29, 1.82) is 0 Å². The van der Waals surface area contributed by atoms with Gasteiger partial charge in [0.05, 0.1) is 13.2 Å². The van der Waals surface area contributed by atoms with Crippen LogP contribution in [-0.4, -0.2) is 19.0 Å². The fourth-order valence-corrected chi connectivity index (χ4v) is 2.63. The van der Waals surface area contributed by atoms with E-state index in [-0.39, 0.29) is 5.79 Å². The first-order chi connectivity index (χ1) is 8.36. The summed E-state index contributed by atoms with van der Waals surface area (Å²) in [5, 5.41) is 0. The Kier molecular flexibility index (Phi) is 3.00. The van der Waals surface area contributed by atoms with Crippen molar-refractivity contribution in [2.24, 2.45) is 0 Å². The lowest BCUT2D eigenvalue weighted by molar-refractivity contribution is -0.161. The monoisotopic (exact) mass is 230 g/mol. The molecule has 0 N–H and O–H groups in total. The van der Waals surface area contributed by atoms with Gasteiger partial charge in [0.2, 0.25) is 0 Å². The molecule has 2 heteroatoms. The van der Waals surface area contributed by atoms with E-state index in [4.69, 9.17) is 9.47 Å². The summed E-state index contributed by atoms with van der Waals surface area (Å²) in [5.74, 6) is -0.278. The van der Waals surface area contributed by atoms with Crippen molar-refractivity contribution in [3.8, 4) is 0 Å². The van der Waals surface area contributed by atoms with Gasteiger partial charge in [0, 0.05) is 12.8 Å². The summed E-state index contributed by atoms with van der Waals surface area (Å²) in [6, 6.07) is 10.6. The van der Waals surface area contributed by atoms with E-state index in [2.05, 4.69) is 36.4 Å². The van der Waals surface area contributed by atoms with Gasteiger partial charge in [-0.25, -0.2) is 0 Å². The molecule has 0 radical (unpaired) electrons. The minimum Gasteiger partial charge on any atom is -0.347 e. The maximum absolute atomic E-state index is 5.71. The van der Waals surface area contributed by atoms with E-state index in [1.165, 1.54) is 11.1 Å². The number of benzene rings is 1. The third-order valence-corrected chi connectivity index (χ3v) is 3.62. The van der Waals surface area contributed by atoms with Gasteiger partial charge < -0.3 is 9.47 Å². The van der Waals surface area contributed by atoms with Gasteiger partial charge in [-0.1, -0.05) is 42.0 Å². The van der Waals surface area contributed by atoms with E-state index in [0.717, 1.165) is 38.9 Å². The van der Waals surface area contributed by atoms with Gasteiger partial charge in [-0.3, -0.25) is 0 Å². The summed E-state index contributed by atoms with van der Waals surface area (Å²) in [6.45, 7) is 1.50. The Labute approximate surface area is 102 Å².